The maximum absolute atomic E-state index is 13.5. The first kappa shape index (κ1) is 32.5. The summed E-state index contributed by atoms with van der Waals surface area (Å²) in [7, 11) is 0. The SMILES string of the molecule is Cc1cccc(/C=C(\NC(=O)c2ccccc2)C(=O)Nc2ccc(SC(C(=O)Nc3ccc(C(=O)O)cc3)c3ccccc3)cc2)c1. The molecule has 5 rings (SSSR count). The predicted octanol–water partition coefficient (Wildman–Crippen LogP) is 7.57. The number of nitrogens with one attached hydrogen (secondary N) is 3. The number of amides is 3. The molecule has 3 amide bonds. The molecule has 0 fully saturated rings. The first-order chi connectivity index (χ1) is 22.7. The van der Waals surface area contributed by atoms with E-state index in [0.717, 1.165) is 21.6 Å². The summed E-state index contributed by atoms with van der Waals surface area (Å²) < 4.78 is 0. The highest BCUT2D eigenvalue weighted by atomic mass is 32.2. The molecule has 0 aliphatic heterocycles. The topological polar surface area (TPSA) is 125 Å². The molecule has 1 unspecified atom stereocenters. The number of carboxylic acids is 1. The van der Waals surface area contributed by atoms with Gasteiger partial charge < -0.3 is 21.1 Å². The van der Waals surface area contributed by atoms with Crippen molar-refractivity contribution in [2.45, 2.75) is 17.1 Å². The van der Waals surface area contributed by atoms with E-state index in [2.05, 4.69) is 16.0 Å². The number of benzene rings is 5. The van der Waals surface area contributed by atoms with Crippen LogP contribution >= 0.6 is 11.8 Å². The minimum Gasteiger partial charge on any atom is -0.478 e. The molecule has 0 saturated heterocycles. The van der Waals surface area contributed by atoms with Crippen molar-refractivity contribution in [1.29, 1.82) is 0 Å². The van der Waals surface area contributed by atoms with Gasteiger partial charge in [0.2, 0.25) is 5.91 Å². The number of hydrogen-bond donors (Lipinski definition) is 4. The van der Waals surface area contributed by atoms with Gasteiger partial charge in [0.05, 0.1) is 5.56 Å². The Morgan fingerprint density at radius 2 is 1.30 bits per heavy atom. The van der Waals surface area contributed by atoms with Crippen LogP contribution < -0.4 is 16.0 Å². The lowest BCUT2D eigenvalue weighted by molar-refractivity contribution is -0.116. The zero-order valence-electron chi connectivity index (χ0n) is 25.3. The first-order valence-corrected chi connectivity index (χ1v) is 15.5. The summed E-state index contributed by atoms with van der Waals surface area (Å²) in [5, 5.41) is 17.0. The quantitative estimate of drug-likeness (QED) is 0.0871. The minimum absolute atomic E-state index is 0.0834. The van der Waals surface area contributed by atoms with Gasteiger partial charge in [-0.3, -0.25) is 14.4 Å². The van der Waals surface area contributed by atoms with Gasteiger partial charge in [-0.05, 0) is 84.8 Å². The molecule has 0 aliphatic rings. The minimum atomic E-state index is -1.05. The molecule has 0 aliphatic carbocycles. The van der Waals surface area contributed by atoms with Crippen LogP contribution in [-0.2, 0) is 9.59 Å². The Hall–Kier alpha value is -5.93. The molecule has 47 heavy (non-hydrogen) atoms. The van der Waals surface area contributed by atoms with Crippen LogP contribution in [0.15, 0.2) is 144 Å². The van der Waals surface area contributed by atoms with E-state index >= 15 is 0 Å². The summed E-state index contributed by atoms with van der Waals surface area (Å²) in [6.45, 7) is 1.95. The number of carbonyl (C=O) groups is 4. The monoisotopic (exact) mass is 641 g/mol. The Balaban J connectivity index is 1.32. The second-order valence-corrected chi connectivity index (χ2v) is 11.7. The molecule has 5 aromatic rings. The lowest BCUT2D eigenvalue weighted by Gasteiger charge is -2.18. The van der Waals surface area contributed by atoms with Gasteiger partial charge in [-0.25, -0.2) is 4.79 Å². The number of aromatic carboxylic acids is 1. The molecule has 0 spiro atoms. The maximum atomic E-state index is 13.5. The van der Waals surface area contributed by atoms with E-state index in [-0.39, 0.29) is 17.2 Å². The van der Waals surface area contributed by atoms with Gasteiger partial charge in [-0.1, -0.05) is 78.4 Å². The number of rotatable bonds is 11. The second kappa shape index (κ2) is 15.4. The summed E-state index contributed by atoms with van der Waals surface area (Å²) in [4.78, 5) is 51.8. The normalized spacial score (nSPS) is 11.6. The van der Waals surface area contributed by atoms with Crippen molar-refractivity contribution in [1.82, 2.24) is 5.32 Å². The Bertz CT molecular complexity index is 1910. The van der Waals surface area contributed by atoms with E-state index in [9.17, 15) is 19.2 Å². The Morgan fingerprint density at radius 3 is 1.94 bits per heavy atom. The molecule has 0 bridgehead atoms. The molecule has 8 nitrogen and oxygen atoms in total. The van der Waals surface area contributed by atoms with Gasteiger partial charge in [-0.2, -0.15) is 0 Å². The number of thioether (sulfide) groups is 1. The smallest absolute Gasteiger partial charge is 0.335 e. The molecule has 0 saturated carbocycles. The Morgan fingerprint density at radius 1 is 0.681 bits per heavy atom. The highest BCUT2D eigenvalue weighted by Crippen LogP contribution is 2.36. The second-order valence-electron chi connectivity index (χ2n) is 10.6. The van der Waals surface area contributed by atoms with Crippen LogP contribution in [-0.4, -0.2) is 28.8 Å². The van der Waals surface area contributed by atoms with Crippen molar-refractivity contribution in [2.24, 2.45) is 0 Å². The number of carboxylic acid groups (broad SMARTS) is 1. The van der Waals surface area contributed by atoms with Crippen LogP contribution in [0.4, 0.5) is 11.4 Å². The average Bonchev–Trinajstić information content (AvgIpc) is 3.08. The van der Waals surface area contributed by atoms with Gasteiger partial charge in [0.25, 0.3) is 11.8 Å². The van der Waals surface area contributed by atoms with Crippen LogP contribution in [0.3, 0.4) is 0 Å². The number of aryl methyl sites for hydroxylation is 1. The standard InChI is InChI=1S/C38H31N3O5S/c1-25-9-8-10-26(23-25)24-33(41-35(42)28-13-6-3-7-14-28)36(43)39-31-19-21-32(22-20-31)47-34(27-11-4-2-5-12-27)37(44)40-30-17-15-29(16-18-30)38(45)46/h2-24,34H,1H3,(H,39,43)(H,40,44)(H,41,42)(H,45,46)/b33-24-. The van der Waals surface area contributed by atoms with Gasteiger partial charge in [0, 0.05) is 21.8 Å². The summed E-state index contributed by atoms with van der Waals surface area (Å²) >= 11 is 1.33. The number of carbonyl (C=O) groups excluding carboxylic acids is 3. The molecule has 234 valence electrons. The first-order valence-electron chi connectivity index (χ1n) is 14.7. The molecular formula is C38H31N3O5S. The summed E-state index contributed by atoms with van der Waals surface area (Å²) in [5.41, 5.74) is 4.18. The maximum Gasteiger partial charge on any atom is 0.335 e. The molecule has 9 heteroatoms. The van der Waals surface area contributed by atoms with E-state index in [4.69, 9.17) is 5.11 Å². The zero-order chi connectivity index (χ0) is 33.2. The summed E-state index contributed by atoms with van der Waals surface area (Å²) in [6.07, 6.45) is 1.63. The third-order valence-electron chi connectivity index (χ3n) is 6.99. The summed E-state index contributed by atoms with van der Waals surface area (Å²) in [5.74, 6) is -2.22. The lowest BCUT2D eigenvalue weighted by atomic mass is 10.1. The zero-order valence-corrected chi connectivity index (χ0v) is 26.2. The fourth-order valence-electron chi connectivity index (χ4n) is 4.63. The summed E-state index contributed by atoms with van der Waals surface area (Å²) in [6, 6.07) is 38.6. The number of hydrogen-bond acceptors (Lipinski definition) is 5. The van der Waals surface area contributed by atoms with Crippen molar-refractivity contribution in [3.63, 3.8) is 0 Å². The van der Waals surface area contributed by atoms with Crippen molar-refractivity contribution in [3.8, 4) is 0 Å². The van der Waals surface area contributed by atoms with Crippen LogP contribution in [0.5, 0.6) is 0 Å². The van der Waals surface area contributed by atoms with E-state index in [1.165, 1.54) is 23.9 Å². The van der Waals surface area contributed by atoms with E-state index in [1.807, 2.05) is 67.6 Å². The van der Waals surface area contributed by atoms with Crippen LogP contribution in [0.2, 0.25) is 0 Å². The van der Waals surface area contributed by atoms with E-state index in [0.29, 0.717) is 16.9 Å². The van der Waals surface area contributed by atoms with Gasteiger partial charge >= 0.3 is 5.97 Å². The van der Waals surface area contributed by atoms with Crippen LogP contribution in [0.1, 0.15) is 42.7 Å². The Kier molecular flexibility index (Phi) is 10.6. The van der Waals surface area contributed by atoms with Crippen LogP contribution in [0.25, 0.3) is 6.08 Å². The molecule has 1 atom stereocenters. The third kappa shape index (κ3) is 9.06. The predicted molar refractivity (Wildman–Crippen MR) is 185 cm³/mol. The van der Waals surface area contributed by atoms with E-state index < -0.39 is 23.0 Å². The fraction of sp³-hybridized carbons (Fsp3) is 0.0526. The molecular weight excluding hydrogens is 611 g/mol. The highest BCUT2D eigenvalue weighted by molar-refractivity contribution is 8.00. The van der Waals surface area contributed by atoms with Gasteiger partial charge in [-0.15, -0.1) is 11.8 Å². The molecule has 0 radical (unpaired) electrons. The lowest BCUT2D eigenvalue weighted by Crippen LogP contribution is -2.30. The average molecular weight is 642 g/mol. The third-order valence-corrected chi connectivity index (χ3v) is 8.25. The molecule has 4 N–H and O–H groups in total. The Labute approximate surface area is 276 Å². The largest absolute Gasteiger partial charge is 0.478 e. The van der Waals surface area contributed by atoms with Crippen molar-refractivity contribution in [3.05, 3.63) is 167 Å². The molecule has 5 aromatic carbocycles. The highest BCUT2D eigenvalue weighted by Gasteiger charge is 2.23. The fourth-order valence-corrected chi connectivity index (χ4v) is 5.65. The van der Waals surface area contributed by atoms with Crippen molar-refractivity contribution in [2.75, 3.05) is 10.6 Å². The van der Waals surface area contributed by atoms with Crippen LogP contribution in [0, 0.1) is 6.92 Å². The van der Waals surface area contributed by atoms with Gasteiger partial charge in [0.15, 0.2) is 0 Å². The van der Waals surface area contributed by atoms with Crippen molar-refractivity contribution >= 4 is 52.9 Å². The molecule has 0 aromatic heterocycles. The number of anilines is 2. The van der Waals surface area contributed by atoms with E-state index in [1.54, 1.807) is 66.7 Å². The van der Waals surface area contributed by atoms with Gasteiger partial charge in [0.1, 0.15) is 10.9 Å². The van der Waals surface area contributed by atoms with Crippen molar-refractivity contribution < 1.29 is 24.3 Å². The molecule has 0 heterocycles.